The number of carbonyl (C=O) groups excluding carboxylic acids is 2. The van der Waals surface area contributed by atoms with Gasteiger partial charge in [0.15, 0.2) is 0 Å². The first-order valence-corrected chi connectivity index (χ1v) is 7.98. The van der Waals surface area contributed by atoms with Gasteiger partial charge in [-0.3, -0.25) is 9.59 Å². The van der Waals surface area contributed by atoms with E-state index in [4.69, 9.17) is 4.74 Å². The number of thioether (sulfide) groups is 1. The molecule has 1 aromatic carbocycles. The molecule has 0 spiro atoms. The van der Waals surface area contributed by atoms with Crippen molar-refractivity contribution < 1.29 is 19.1 Å². The van der Waals surface area contributed by atoms with Crippen LogP contribution >= 0.6 is 11.8 Å². The van der Waals surface area contributed by atoms with Crippen molar-refractivity contribution in [2.24, 2.45) is 0 Å². The predicted octanol–water partition coefficient (Wildman–Crippen LogP) is 2.71. The van der Waals surface area contributed by atoms with E-state index in [1.165, 1.54) is 18.9 Å². The average molecular weight is 311 g/mol. The number of ether oxygens (including phenoxy) is 2. The lowest BCUT2D eigenvalue weighted by Crippen LogP contribution is -2.14. The monoisotopic (exact) mass is 311 g/mol. The Morgan fingerprint density at radius 1 is 1.24 bits per heavy atom. The number of methoxy groups -OCH3 is 1. The average Bonchev–Trinajstić information content (AvgIpc) is 2.49. The third-order valence-electron chi connectivity index (χ3n) is 2.58. The summed E-state index contributed by atoms with van der Waals surface area (Å²) in [5.74, 6) is 1.64. The normalized spacial score (nSPS) is 10.0. The van der Waals surface area contributed by atoms with Crippen LogP contribution in [0.1, 0.15) is 19.8 Å². The van der Waals surface area contributed by atoms with E-state index in [1.807, 2.05) is 31.2 Å². The standard InChI is InChI=1S/C15H21NO4S/c1-3-20-13-8-6-12(7-9-13)16-14(17)11-21-10-4-5-15(18)19-2/h6-9H,3-5,10-11H2,1-2H3,(H,16,17). The summed E-state index contributed by atoms with van der Waals surface area (Å²) < 4.78 is 9.88. The molecule has 0 aliphatic carbocycles. The van der Waals surface area contributed by atoms with Crippen LogP contribution < -0.4 is 10.1 Å². The van der Waals surface area contributed by atoms with Crippen molar-refractivity contribution in [3.8, 4) is 5.75 Å². The molecule has 0 aliphatic rings. The van der Waals surface area contributed by atoms with Crippen LogP contribution in [0.25, 0.3) is 0 Å². The Balaban J connectivity index is 2.19. The van der Waals surface area contributed by atoms with Crippen molar-refractivity contribution >= 4 is 29.3 Å². The zero-order valence-electron chi connectivity index (χ0n) is 12.4. The van der Waals surface area contributed by atoms with Crippen molar-refractivity contribution in [1.29, 1.82) is 0 Å². The summed E-state index contributed by atoms with van der Waals surface area (Å²) >= 11 is 1.50. The van der Waals surface area contributed by atoms with Gasteiger partial charge in [-0.1, -0.05) is 0 Å². The van der Waals surface area contributed by atoms with E-state index in [2.05, 4.69) is 10.1 Å². The number of esters is 1. The molecular formula is C15H21NO4S. The highest BCUT2D eigenvalue weighted by atomic mass is 32.2. The number of carbonyl (C=O) groups is 2. The smallest absolute Gasteiger partial charge is 0.305 e. The molecule has 0 aromatic heterocycles. The number of benzene rings is 1. The zero-order chi connectivity index (χ0) is 15.5. The van der Waals surface area contributed by atoms with Gasteiger partial charge in [0.25, 0.3) is 0 Å². The van der Waals surface area contributed by atoms with Gasteiger partial charge in [0.1, 0.15) is 5.75 Å². The van der Waals surface area contributed by atoms with Crippen LogP contribution in [0.4, 0.5) is 5.69 Å². The fraction of sp³-hybridized carbons (Fsp3) is 0.467. The fourth-order valence-corrected chi connectivity index (χ4v) is 2.33. The van der Waals surface area contributed by atoms with Crippen LogP contribution in [0.2, 0.25) is 0 Å². The number of hydrogen-bond donors (Lipinski definition) is 1. The molecule has 0 radical (unpaired) electrons. The molecule has 1 N–H and O–H groups in total. The van der Waals surface area contributed by atoms with Crippen LogP contribution in [0.5, 0.6) is 5.75 Å². The molecular weight excluding hydrogens is 290 g/mol. The number of anilines is 1. The Kier molecular flexibility index (Phi) is 8.35. The Labute approximate surface area is 129 Å². The largest absolute Gasteiger partial charge is 0.494 e. The van der Waals surface area contributed by atoms with Crippen LogP contribution in [0, 0.1) is 0 Å². The summed E-state index contributed by atoms with van der Waals surface area (Å²) in [5, 5.41) is 2.82. The van der Waals surface area contributed by atoms with E-state index < -0.39 is 0 Å². The molecule has 1 aromatic rings. The second-order valence-corrected chi connectivity index (χ2v) is 5.34. The molecule has 116 valence electrons. The van der Waals surface area contributed by atoms with Gasteiger partial charge in [-0.05, 0) is 43.4 Å². The highest BCUT2D eigenvalue weighted by Gasteiger charge is 2.04. The lowest BCUT2D eigenvalue weighted by atomic mass is 10.3. The topological polar surface area (TPSA) is 64.6 Å². The van der Waals surface area contributed by atoms with E-state index in [0.29, 0.717) is 25.2 Å². The highest BCUT2D eigenvalue weighted by Crippen LogP contribution is 2.16. The van der Waals surface area contributed by atoms with Crippen LogP contribution in [-0.2, 0) is 14.3 Å². The maximum Gasteiger partial charge on any atom is 0.305 e. The Hall–Kier alpha value is -1.69. The van der Waals surface area contributed by atoms with E-state index in [0.717, 1.165) is 17.2 Å². The maximum atomic E-state index is 11.7. The van der Waals surface area contributed by atoms with E-state index >= 15 is 0 Å². The molecule has 0 unspecified atom stereocenters. The fourth-order valence-electron chi connectivity index (χ4n) is 1.58. The summed E-state index contributed by atoms with van der Waals surface area (Å²) in [4.78, 5) is 22.6. The molecule has 5 nitrogen and oxygen atoms in total. The van der Waals surface area contributed by atoms with Gasteiger partial charge < -0.3 is 14.8 Å². The van der Waals surface area contributed by atoms with Crippen LogP contribution in [0.15, 0.2) is 24.3 Å². The third-order valence-corrected chi connectivity index (χ3v) is 3.62. The minimum absolute atomic E-state index is 0.0535. The Morgan fingerprint density at radius 2 is 1.95 bits per heavy atom. The minimum atomic E-state index is -0.213. The summed E-state index contributed by atoms with van der Waals surface area (Å²) in [7, 11) is 1.37. The molecule has 1 rings (SSSR count). The van der Waals surface area contributed by atoms with Gasteiger partial charge in [0.05, 0.1) is 19.5 Å². The number of hydrogen-bond acceptors (Lipinski definition) is 5. The molecule has 0 saturated carbocycles. The van der Waals surface area contributed by atoms with Gasteiger partial charge in [-0.15, -0.1) is 0 Å². The lowest BCUT2D eigenvalue weighted by molar-refractivity contribution is -0.140. The second kappa shape index (κ2) is 10.1. The second-order valence-electron chi connectivity index (χ2n) is 4.24. The predicted molar refractivity (Wildman–Crippen MR) is 84.8 cm³/mol. The molecule has 1 amide bonds. The quantitative estimate of drug-likeness (QED) is 0.561. The van der Waals surface area contributed by atoms with Gasteiger partial charge >= 0.3 is 5.97 Å². The molecule has 0 bridgehead atoms. The van der Waals surface area contributed by atoms with Crippen LogP contribution in [0.3, 0.4) is 0 Å². The SMILES string of the molecule is CCOc1ccc(NC(=O)CSCCCC(=O)OC)cc1. The molecule has 0 atom stereocenters. The van der Waals surface area contributed by atoms with Gasteiger partial charge in [-0.2, -0.15) is 11.8 Å². The molecule has 21 heavy (non-hydrogen) atoms. The number of nitrogens with one attached hydrogen (secondary N) is 1. The Bertz CT molecular complexity index is 447. The van der Waals surface area contributed by atoms with Crippen molar-refractivity contribution in [2.75, 3.05) is 30.5 Å². The van der Waals surface area contributed by atoms with Crippen molar-refractivity contribution in [3.05, 3.63) is 24.3 Å². The lowest BCUT2D eigenvalue weighted by Gasteiger charge is -2.07. The number of amides is 1. The minimum Gasteiger partial charge on any atom is -0.494 e. The van der Waals surface area contributed by atoms with E-state index in [-0.39, 0.29) is 11.9 Å². The molecule has 6 heteroatoms. The van der Waals surface area contributed by atoms with Crippen molar-refractivity contribution in [3.63, 3.8) is 0 Å². The summed E-state index contributed by atoms with van der Waals surface area (Å²) in [6.45, 7) is 2.54. The third kappa shape index (κ3) is 7.60. The van der Waals surface area contributed by atoms with Crippen LogP contribution in [-0.4, -0.2) is 37.1 Å². The Morgan fingerprint density at radius 3 is 2.57 bits per heavy atom. The van der Waals surface area contributed by atoms with E-state index in [1.54, 1.807) is 0 Å². The van der Waals surface area contributed by atoms with Gasteiger partial charge in [0.2, 0.25) is 5.91 Å². The van der Waals surface area contributed by atoms with Gasteiger partial charge in [0, 0.05) is 12.1 Å². The molecule has 0 heterocycles. The first kappa shape index (κ1) is 17.4. The molecule has 0 fully saturated rings. The molecule has 0 saturated heterocycles. The van der Waals surface area contributed by atoms with E-state index in [9.17, 15) is 9.59 Å². The van der Waals surface area contributed by atoms with Gasteiger partial charge in [-0.25, -0.2) is 0 Å². The maximum absolute atomic E-state index is 11.7. The molecule has 0 aliphatic heterocycles. The summed E-state index contributed by atoms with van der Waals surface area (Å²) in [6.07, 6.45) is 1.11. The first-order chi connectivity index (χ1) is 10.2. The zero-order valence-corrected chi connectivity index (χ0v) is 13.2. The van der Waals surface area contributed by atoms with Crippen molar-refractivity contribution in [2.45, 2.75) is 19.8 Å². The van der Waals surface area contributed by atoms with Crippen molar-refractivity contribution in [1.82, 2.24) is 0 Å². The number of rotatable bonds is 9. The first-order valence-electron chi connectivity index (χ1n) is 6.83. The summed E-state index contributed by atoms with van der Waals surface area (Å²) in [6, 6.07) is 7.26. The highest BCUT2D eigenvalue weighted by molar-refractivity contribution is 7.99. The summed E-state index contributed by atoms with van der Waals surface area (Å²) in [5.41, 5.74) is 0.749.